The van der Waals surface area contributed by atoms with Crippen molar-refractivity contribution in [3.05, 3.63) is 20.8 Å². The lowest BCUT2D eigenvalue weighted by Gasteiger charge is -2.28. The molecule has 25 heavy (non-hydrogen) atoms. The van der Waals surface area contributed by atoms with Gasteiger partial charge in [-0.1, -0.05) is 40.5 Å². The van der Waals surface area contributed by atoms with Crippen LogP contribution in [0, 0.1) is 17.8 Å². The molecule has 1 heterocycles. The van der Waals surface area contributed by atoms with Crippen molar-refractivity contribution in [2.45, 2.75) is 59.9 Å². The molecule has 1 amide bonds. The molecule has 0 unspecified atom stereocenters. The number of H-pyrrole nitrogens is 1. The minimum absolute atomic E-state index is 0.0573. The van der Waals surface area contributed by atoms with Crippen LogP contribution in [0.15, 0.2) is 9.59 Å². The maximum atomic E-state index is 13.0. The smallest absolute Gasteiger partial charge is 0.330 e. The van der Waals surface area contributed by atoms with Gasteiger partial charge in [0.1, 0.15) is 5.82 Å². The summed E-state index contributed by atoms with van der Waals surface area (Å²) in [6.07, 6.45) is 3.75. The fourth-order valence-electron chi connectivity index (χ4n) is 3.43. The van der Waals surface area contributed by atoms with Crippen LogP contribution in [0.3, 0.4) is 0 Å². The molecule has 7 nitrogen and oxygen atoms in total. The summed E-state index contributed by atoms with van der Waals surface area (Å²) >= 11 is 0. The summed E-state index contributed by atoms with van der Waals surface area (Å²) in [5, 5.41) is 0. The number of carbonyl (C=O) groups excluding carboxylic acids is 1. The first-order valence-corrected chi connectivity index (χ1v) is 9.16. The fraction of sp³-hybridized carbons (Fsp3) is 0.722. The summed E-state index contributed by atoms with van der Waals surface area (Å²) < 4.78 is 1.36. The van der Waals surface area contributed by atoms with Gasteiger partial charge < -0.3 is 10.6 Å². The highest BCUT2D eigenvalue weighted by Gasteiger charge is 2.31. The highest BCUT2D eigenvalue weighted by Crippen LogP contribution is 2.29. The van der Waals surface area contributed by atoms with Crippen LogP contribution in [0.4, 0.5) is 11.5 Å². The highest BCUT2D eigenvalue weighted by molar-refractivity contribution is 5.97. The monoisotopic (exact) mass is 350 g/mol. The summed E-state index contributed by atoms with van der Waals surface area (Å²) in [6, 6.07) is 0. The van der Waals surface area contributed by atoms with Gasteiger partial charge in [-0.3, -0.25) is 19.1 Å². The Kier molecular flexibility index (Phi) is 6.08. The third-order valence-electron chi connectivity index (χ3n) is 4.55. The van der Waals surface area contributed by atoms with Gasteiger partial charge in [-0.15, -0.1) is 0 Å². The van der Waals surface area contributed by atoms with Crippen molar-refractivity contribution in [2.24, 2.45) is 17.8 Å². The average Bonchev–Trinajstić information content (AvgIpc) is 3.03. The molecule has 3 N–H and O–H groups in total. The minimum atomic E-state index is -0.588. The van der Waals surface area contributed by atoms with Crippen molar-refractivity contribution in [1.82, 2.24) is 9.55 Å². The van der Waals surface area contributed by atoms with Crippen molar-refractivity contribution in [2.75, 3.05) is 17.2 Å². The van der Waals surface area contributed by atoms with E-state index in [4.69, 9.17) is 5.73 Å². The largest absolute Gasteiger partial charge is 0.383 e. The van der Waals surface area contributed by atoms with Crippen LogP contribution >= 0.6 is 0 Å². The van der Waals surface area contributed by atoms with E-state index in [0.717, 1.165) is 25.7 Å². The number of amides is 1. The summed E-state index contributed by atoms with van der Waals surface area (Å²) in [5.74, 6) is 0.313. The molecule has 1 aliphatic carbocycles. The number of nitrogens with zero attached hydrogens (tertiary/aromatic N) is 2. The van der Waals surface area contributed by atoms with E-state index in [2.05, 4.69) is 4.98 Å². The standard InChI is InChI=1S/C18H30N4O3/c1-11(2)9-21(17(24)13-7-5-6-8-13)14-15(19)22(10-12(3)4)18(25)20-16(14)23/h11-13H,5-10,19H2,1-4H3,(H,20,23,25). The topological polar surface area (TPSA) is 101 Å². The molecule has 140 valence electrons. The Morgan fingerprint density at radius 3 is 2.32 bits per heavy atom. The molecule has 0 atom stereocenters. The predicted octanol–water partition coefficient (Wildman–Crippen LogP) is 1.95. The summed E-state index contributed by atoms with van der Waals surface area (Å²) in [5.41, 5.74) is 5.19. The average molecular weight is 350 g/mol. The van der Waals surface area contributed by atoms with Gasteiger partial charge in [0.05, 0.1) is 0 Å². The van der Waals surface area contributed by atoms with E-state index in [1.165, 1.54) is 9.47 Å². The maximum absolute atomic E-state index is 13.0. The number of rotatable bonds is 6. The number of hydrogen-bond donors (Lipinski definition) is 2. The number of nitrogen functional groups attached to an aromatic ring is 1. The lowest BCUT2D eigenvalue weighted by molar-refractivity contribution is -0.122. The Balaban J connectivity index is 2.54. The predicted molar refractivity (Wildman–Crippen MR) is 99.7 cm³/mol. The maximum Gasteiger partial charge on any atom is 0.330 e. The third kappa shape index (κ3) is 4.32. The zero-order valence-corrected chi connectivity index (χ0v) is 15.7. The molecule has 1 aromatic rings. The van der Waals surface area contributed by atoms with Crippen molar-refractivity contribution >= 4 is 17.4 Å². The highest BCUT2D eigenvalue weighted by atomic mass is 16.2. The molecule has 1 fully saturated rings. The van der Waals surface area contributed by atoms with Gasteiger partial charge in [-0.05, 0) is 24.7 Å². The Labute approximate surface area is 148 Å². The number of aromatic nitrogens is 2. The summed E-state index contributed by atoms with van der Waals surface area (Å²) in [4.78, 5) is 41.5. The first-order valence-electron chi connectivity index (χ1n) is 9.16. The first-order chi connectivity index (χ1) is 11.7. The molecule has 0 aromatic carbocycles. The Hall–Kier alpha value is -2.05. The van der Waals surface area contributed by atoms with E-state index in [1.807, 2.05) is 27.7 Å². The third-order valence-corrected chi connectivity index (χ3v) is 4.55. The number of aromatic amines is 1. The lowest BCUT2D eigenvalue weighted by atomic mass is 10.0. The van der Waals surface area contributed by atoms with E-state index >= 15 is 0 Å². The van der Waals surface area contributed by atoms with Crippen molar-refractivity contribution in [3.8, 4) is 0 Å². The molecule has 1 saturated carbocycles. The Morgan fingerprint density at radius 1 is 1.20 bits per heavy atom. The zero-order valence-electron chi connectivity index (χ0n) is 15.7. The van der Waals surface area contributed by atoms with Gasteiger partial charge in [-0.2, -0.15) is 0 Å². The Morgan fingerprint density at radius 2 is 1.80 bits per heavy atom. The molecular formula is C18H30N4O3. The van der Waals surface area contributed by atoms with Crippen LogP contribution in [-0.4, -0.2) is 22.0 Å². The quantitative estimate of drug-likeness (QED) is 0.819. The van der Waals surface area contributed by atoms with Gasteiger partial charge >= 0.3 is 5.69 Å². The summed E-state index contributed by atoms with van der Waals surface area (Å²) in [6.45, 7) is 8.70. The molecule has 0 bridgehead atoms. The van der Waals surface area contributed by atoms with Crippen molar-refractivity contribution < 1.29 is 4.79 Å². The number of carbonyl (C=O) groups is 1. The molecular weight excluding hydrogens is 320 g/mol. The number of anilines is 2. The van der Waals surface area contributed by atoms with E-state index in [-0.39, 0.29) is 35.2 Å². The van der Waals surface area contributed by atoms with Crippen LogP contribution < -0.4 is 21.9 Å². The van der Waals surface area contributed by atoms with E-state index in [0.29, 0.717) is 13.1 Å². The molecule has 2 rings (SSSR count). The van der Waals surface area contributed by atoms with Gasteiger partial charge in [0.15, 0.2) is 5.69 Å². The second kappa shape index (κ2) is 7.89. The van der Waals surface area contributed by atoms with Gasteiger partial charge in [0, 0.05) is 19.0 Å². The molecule has 0 saturated heterocycles. The number of nitrogens with two attached hydrogens (primary N) is 1. The van der Waals surface area contributed by atoms with E-state index in [9.17, 15) is 14.4 Å². The van der Waals surface area contributed by atoms with Gasteiger partial charge in [-0.25, -0.2) is 4.79 Å². The van der Waals surface area contributed by atoms with Crippen LogP contribution in [0.2, 0.25) is 0 Å². The second-order valence-corrected chi connectivity index (χ2v) is 7.82. The molecule has 0 spiro atoms. The van der Waals surface area contributed by atoms with Gasteiger partial charge in [0.2, 0.25) is 5.91 Å². The van der Waals surface area contributed by atoms with Gasteiger partial charge in [0.25, 0.3) is 5.56 Å². The van der Waals surface area contributed by atoms with E-state index < -0.39 is 11.2 Å². The van der Waals surface area contributed by atoms with Crippen LogP contribution in [-0.2, 0) is 11.3 Å². The second-order valence-electron chi connectivity index (χ2n) is 7.82. The molecule has 0 aliphatic heterocycles. The fourth-order valence-corrected chi connectivity index (χ4v) is 3.43. The molecule has 7 heteroatoms. The SMILES string of the molecule is CC(C)CN(C(=O)C1CCCC1)c1c(N)n(CC(C)C)c(=O)[nH]c1=O. The van der Waals surface area contributed by atoms with Crippen molar-refractivity contribution in [1.29, 1.82) is 0 Å². The minimum Gasteiger partial charge on any atom is -0.383 e. The lowest BCUT2D eigenvalue weighted by Crippen LogP contribution is -2.44. The first kappa shape index (κ1) is 19.3. The van der Waals surface area contributed by atoms with Crippen LogP contribution in [0.5, 0.6) is 0 Å². The van der Waals surface area contributed by atoms with Crippen molar-refractivity contribution in [3.63, 3.8) is 0 Å². The summed E-state index contributed by atoms with van der Waals surface area (Å²) in [7, 11) is 0. The zero-order chi connectivity index (χ0) is 18.7. The Bertz CT molecular complexity index is 727. The van der Waals surface area contributed by atoms with E-state index in [1.54, 1.807) is 0 Å². The normalized spacial score (nSPS) is 15.3. The number of nitrogens with one attached hydrogen (secondary N) is 1. The number of hydrogen-bond acceptors (Lipinski definition) is 4. The molecule has 1 aromatic heterocycles. The molecule has 1 aliphatic rings. The van der Waals surface area contributed by atoms with Crippen LogP contribution in [0.1, 0.15) is 53.4 Å². The molecule has 0 radical (unpaired) electrons. The van der Waals surface area contributed by atoms with Crippen LogP contribution in [0.25, 0.3) is 0 Å².